The Kier molecular flexibility index (Phi) is 4.01. The minimum Gasteiger partial charge on any atom is -0.456 e. The van der Waals surface area contributed by atoms with Crippen molar-refractivity contribution >= 4 is 27.8 Å². The molecular weight excluding hydrogens is 302 g/mol. The first-order chi connectivity index (χ1) is 11.3. The first kappa shape index (κ1) is 16.4. The number of nitrogens with zero attached hydrogens (tertiary/aromatic N) is 1. The normalized spacial score (nSPS) is 11.9. The number of hydrogen-bond donors (Lipinski definition) is 1. The first-order valence-corrected chi connectivity index (χ1v) is 7.96. The van der Waals surface area contributed by atoms with Gasteiger partial charge in [0.15, 0.2) is 0 Å². The molecule has 0 fully saturated rings. The monoisotopic (exact) mass is 323 g/mol. The smallest absolute Gasteiger partial charge is 0.339 e. The van der Waals surface area contributed by atoms with Crippen LogP contribution in [0.1, 0.15) is 42.3 Å². The molecule has 0 aliphatic rings. The molecule has 4 nitrogen and oxygen atoms in total. The van der Waals surface area contributed by atoms with E-state index in [4.69, 9.17) is 4.74 Å². The van der Waals surface area contributed by atoms with Gasteiger partial charge in [-0.3, -0.25) is 0 Å². The maximum atomic E-state index is 12.8. The highest BCUT2D eigenvalue weighted by atomic mass is 16.6. The number of fused-ring (bicyclic) bond motifs is 2. The van der Waals surface area contributed by atoms with E-state index >= 15 is 0 Å². The van der Waals surface area contributed by atoms with Crippen LogP contribution in [0.25, 0.3) is 21.8 Å². The zero-order valence-electron chi connectivity index (χ0n) is 14.4. The molecule has 0 unspecified atom stereocenters. The first-order valence-electron chi connectivity index (χ1n) is 7.96. The molecule has 3 rings (SSSR count). The molecule has 0 amide bonds. The Morgan fingerprint density at radius 3 is 2.54 bits per heavy atom. The summed E-state index contributed by atoms with van der Waals surface area (Å²) in [7, 11) is 0. The average Bonchev–Trinajstić information content (AvgIpc) is 2.50. The van der Waals surface area contributed by atoms with Crippen molar-refractivity contribution in [3.8, 4) is 0 Å². The SMILES string of the molecule is Cc1c(CO)cc2nc3ccccc3cc2c1C(=O)OC(C)(C)C. The number of carbonyl (C=O) groups is 1. The maximum Gasteiger partial charge on any atom is 0.339 e. The molecular formula is C20H21NO3. The molecule has 3 aromatic rings. The van der Waals surface area contributed by atoms with E-state index in [-0.39, 0.29) is 6.61 Å². The number of hydrogen-bond acceptors (Lipinski definition) is 4. The number of para-hydroxylation sites is 1. The molecule has 0 saturated heterocycles. The molecule has 0 spiro atoms. The van der Waals surface area contributed by atoms with Crippen molar-refractivity contribution < 1.29 is 14.6 Å². The van der Waals surface area contributed by atoms with E-state index in [1.165, 1.54) is 0 Å². The predicted octanol–water partition coefficient (Wildman–Crippen LogP) is 4.14. The van der Waals surface area contributed by atoms with Crippen molar-refractivity contribution in [3.05, 3.63) is 53.1 Å². The lowest BCUT2D eigenvalue weighted by molar-refractivity contribution is 0.00709. The molecule has 24 heavy (non-hydrogen) atoms. The Labute approximate surface area is 141 Å². The molecule has 0 saturated carbocycles. The number of carbonyl (C=O) groups excluding carboxylic acids is 1. The number of rotatable bonds is 2. The number of esters is 1. The van der Waals surface area contributed by atoms with Gasteiger partial charge in [0.1, 0.15) is 5.60 Å². The van der Waals surface area contributed by atoms with E-state index in [2.05, 4.69) is 4.98 Å². The van der Waals surface area contributed by atoms with Gasteiger partial charge in [0.05, 0.1) is 23.2 Å². The molecule has 0 aliphatic carbocycles. The number of aliphatic hydroxyl groups is 1. The molecule has 124 valence electrons. The van der Waals surface area contributed by atoms with E-state index < -0.39 is 11.6 Å². The lowest BCUT2D eigenvalue weighted by Gasteiger charge is -2.21. The van der Waals surface area contributed by atoms with Crippen LogP contribution in [-0.2, 0) is 11.3 Å². The summed E-state index contributed by atoms with van der Waals surface area (Å²) < 4.78 is 5.58. The van der Waals surface area contributed by atoms with Gasteiger partial charge < -0.3 is 9.84 Å². The second-order valence-corrected chi connectivity index (χ2v) is 6.94. The second kappa shape index (κ2) is 5.87. The van der Waals surface area contributed by atoms with E-state index in [1.807, 2.05) is 64.1 Å². The summed E-state index contributed by atoms with van der Waals surface area (Å²) in [6.07, 6.45) is 0. The topological polar surface area (TPSA) is 59.4 Å². The zero-order valence-corrected chi connectivity index (χ0v) is 14.4. The van der Waals surface area contributed by atoms with Crippen LogP contribution < -0.4 is 0 Å². The lowest BCUT2D eigenvalue weighted by Crippen LogP contribution is -2.24. The fraction of sp³-hybridized carbons (Fsp3) is 0.300. The number of aliphatic hydroxyl groups excluding tert-OH is 1. The summed E-state index contributed by atoms with van der Waals surface area (Å²) >= 11 is 0. The van der Waals surface area contributed by atoms with Crippen LogP contribution in [0.5, 0.6) is 0 Å². The quantitative estimate of drug-likeness (QED) is 0.569. The fourth-order valence-electron chi connectivity index (χ4n) is 2.83. The number of benzene rings is 2. The van der Waals surface area contributed by atoms with E-state index in [1.54, 1.807) is 0 Å². The standard InChI is InChI=1S/C20H21NO3/c1-12-14(11-22)10-17-15(18(12)19(23)24-20(2,3)4)9-13-7-5-6-8-16(13)21-17/h5-10,22H,11H2,1-4H3. The van der Waals surface area contributed by atoms with Crippen molar-refractivity contribution in [2.45, 2.75) is 39.9 Å². The third kappa shape index (κ3) is 2.97. The molecule has 1 N–H and O–H groups in total. The highest BCUT2D eigenvalue weighted by Gasteiger charge is 2.23. The van der Waals surface area contributed by atoms with E-state index in [0.29, 0.717) is 16.6 Å². The van der Waals surface area contributed by atoms with Gasteiger partial charge in [-0.25, -0.2) is 9.78 Å². The van der Waals surface area contributed by atoms with Gasteiger partial charge in [-0.15, -0.1) is 0 Å². The number of pyridine rings is 1. The lowest BCUT2D eigenvalue weighted by atomic mass is 9.96. The molecule has 0 aliphatic heterocycles. The van der Waals surface area contributed by atoms with Gasteiger partial charge >= 0.3 is 5.97 Å². The van der Waals surface area contributed by atoms with Crippen LogP contribution in [-0.4, -0.2) is 21.7 Å². The Balaban J connectivity index is 2.33. The van der Waals surface area contributed by atoms with E-state index in [0.717, 1.165) is 21.9 Å². The third-order valence-corrected chi connectivity index (χ3v) is 3.96. The molecule has 0 atom stereocenters. The summed E-state index contributed by atoms with van der Waals surface area (Å²) in [6, 6.07) is 11.6. The van der Waals surface area contributed by atoms with E-state index in [9.17, 15) is 9.90 Å². The largest absolute Gasteiger partial charge is 0.456 e. The Morgan fingerprint density at radius 1 is 1.17 bits per heavy atom. The molecule has 1 aromatic heterocycles. The second-order valence-electron chi connectivity index (χ2n) is 6.94. The van der Waals surface area contributed by atoms with Gasteiger partial charge in [0, 0.05) is 10.8 Å². The molecule has 1 heterocycles. The minimum absolute atomic E-state index is 0.147. The van der Waals surface area contributed by atoms with Crippen molar-refractivity contribution in [3.63, 3.8) is 0 Å². The highest BCUT2D eigenvalue weighted by molar-refractivity contribution is 6.08. The van der Waals surface area contributed by atoms with Crippen LogP contribution in [0.4, 0.5) is 0 Å². The Morgan fingerprint density at radius 2 is 1.88 bits per heavy atom. The Hall–Kier alpha value is -2.46. The van der Waals surface area contributed by atoms with Crippen LogP contribution in [0.2, 0.25) is 0 Å². The van der Waals surface area contributed by atoms with Gasteiger partial charge in [-0.05, 0) is 57.0 Å². The third-order valence-electron chi connectivity index (χ3n) is 3.96. The van der Waals surface area contributed by atoms with Crippen molar-refractivity contribution in [2.75, 3.05) is 0 Å². The number of aromatic nitrogens is 1. The van der Waals surface area contributed by atoms with Gasteiger partial charge in [-0.1, -0.05) is 18.2 Å². The van der Waals surface area contributed by atoms with Crippen LogP contribution in [0.15, 0.2) is 36.4 Å². The van der Waals surface area contributed by atoms with Crippen LogP contribution in [0.3, 0.4) is 0 Å². The molecule has 0 bridgehead atoms. The predicted molar refractivity (Wildman–Crippen MR) is 95.1 cm³/mol. The zero-order chi connectivity index (χ0) is 17.5. The fourth-order valence-corrected chi connectivity index (χ4v) is 2.83. The van der Waals surface area contributed by atoms with Crippen molar-refractivity contribution in [1.29, 1.82) is 0 Å². The highest BCUT2D eigenvalue weighted by Crippen LogP contribution is 2.29. The summed E-state index contributed by atoms with van der Waals surface area (Å²) in [5, 5.41) is 11.4. The van der Waals surface area contributed by atoms with Crippen LogP contribution >= 0.6 is 0 Å². The van der Waals surface area contributed by atoms with Crippen LogP contribution in [0, 0.1) is 6.92 Å². The van der Waals surface area contributed by atoms with Gasteiger partial charge in [-0.2, -0.15) is 0 Å². The summed E-state index contributed by atoms with van der Waals surface area (Å²) in [4.78, 5) is 17.4. The van der Waals surface area contributed by atoms with Crippen molar-refractivity contribution in [1.82, 2.24) is 4.98 Å². The molecule has 0 radical (unpaired) electrons. The summed E-state index contributed by atoms with van der Waals surface area (Å²) in [5.74, 6) is -0.391. The Bertz CT molecular complexity index is 939. The van der Waals surface area contributed by atoms with Crippen molar-refractivity contribution in [2.24, 2.45) is 0 Å². The number of ether oxygens (including phenoxy) is 1. The molecule has 2 aromatic carbocycles. The summed E-state index contributed by atoms with van der Waals surface area (Å²) in [5.41, 5.74) is 2.85. The molecule has 4 heteroatoms. The maximum absolute atomic E-state index is 12.8. The average molecular weight is 323 g/mol. The minimum atomic E-state index is -0.588. The summed E-state index contributed by atoms with van der Waals surface area (Å²) in [6.45, 7) is 7.20. The van der Waals surface area contributed by atoms with Gasteiger partial charge in [0.25, 0.3) is 0 Å². The van der Waals surface area contributed by atoms with Gasteiger partial charge in [0.2, 0.25) is 0 Å².